The van der Waals surface area contributed by atoms with Crippen LogP contribution in [0.25, 0.3) is 0 Å². The average molecular weight is 305 g/mol. The van der Waals surface area contributed by atoms with Gasteiger partial charge in [0.15, 0.2) is 0 Å². The highest BCUT2D eigenvalue weighted by molar-refractivity contribution is 5.22. The van der Waals surface area contributed by atoms with E-state index in [9.17, 15) is 4.39 Å². The number of nitrogens with zero attached hydrogens (tertiary/aromatic N) is 2. The molecule has 0 saturated carbocycles. The van der Waals surface area contributed by atoms with Crippen molar-refractivity contribution in [3.05, 3.63) is 48.0 Å². The number of aromatic amines is 1. The smallest absolute Gasteiger partial charge is 0.126 e. The minimum absolute atomic E-state index is 0.295. The van der Waals surface area contributed by atoms with Gasteiger partial charge in [-0.3, -0.25) is 10.00 Å². The predicted octanol–water partition coefficient (Wildman–Crippen LogP) is 2.22. The Hall–Kier alpha value is -1.92. The SMILES string of the molecule is CO[C@]1(COc2cccc(F)c2)CCN(Cc2ccn[nH]2)C1. The molecule has 22 heavy (non-hydrogen) atoms. The van der Waals surface area contributed by atoms with Gasteiger partial charge in [-0.1, -0.05) is 6.07 Å². The number of halogens is 1. The van der Waals surface area contributed by atoms with Gasteiger partial charge in [0.25, 0.3) is 0 Å². The van der Waals surface area contributed by atoms with E-state index in [1.807, 2.05) is 6.07 Å². The fraction of sp³-hybridized carbons (Fsp3) is 0.438. The van der Waals surface area contributed by atoms with Crippen molar-refractivity contribution in [3.8, 4) is 5.75 Å². The molecule has 1 aromatic heterocycles. The molecule has 118 valence electrons. The van der Waals surface area contributed by atoms with Crippen molar-refractivity contribution in [2.24, 2.45) is 0 Å². The Morgan fingerprint density at radius 3 is 3.05 bits per heavy atom. The number of hydrogen-bond acceptors (Lipinski definition) is 4. The van der Waals surface area contributed by atoms with Crippen molar-refractivity contribution < 1.29 is 13.9 Å². The van der Waals surface area contributed by atoms with Crippen LogP contribution in [0.5, 0.6) is 5.75 Å². The lowest BCUT2D eigenvalue weighted by Gasteiger charge is -2.28. The lowest BCUT2D eigenvalue weighted by atomic mass is 10.0. The minimum atomic E-state index is -0.355. The second kappa shape index (κ2) is 6.46. The van der Waals surface area contributed by atoms with Crippen LogP contribution in [0.1, 0.15) is 12.1 Å². The Balaban J connectivity index is 1.58. The standard InChI is InChI=1S/C16H20FN3O2/c1-21-16(12-22-15-4-2-3-13(17)9-15)6-8-20(11-16)10-14-5-7-18-19-14/h2-5,7,9H,6,8,10-12H2,1H3,(H,18,19)/t16-/m1/s1. The number of ether oxygens (including phenoxy) is 2. The van der Waals surface area contributed by atoms with Crippen LogP contribution in [0.2, 0.25) is 0 Å². The molecule has 1 N–H and O–H groups in total. The molecular formula is C16H20FN3O2. The Kier molecular flexibility index (Phi) is 4.40. The topological polar surface area (TPSA) is 50.4 Å². The molecule has 1 atom stereocenters. The number of methoxy groups -OCH3 is 1. The first kappa shape index (κ1) is 15.0. The Bertz CT molecular complexity index is 605. The first-order valence-corrected chi connectivity index (χ1v) is 7.33. The Labute approximate surface area is 129 Å². The summed E-state index contributed by atoms with van der Waals surface area (Å²) in [6.45, 7) is 2.93. The molecule has 3 rings (SSSR count). The van der Waals surface area contributed by atoms with Crippen LogP contribution in [-0.4, -0.2) is 47.5 Å². The molecular weight excluding hydrogens is 285 g/mol. The normalized spacial score (nSPS) is 22.1. The second-order valence-electron chi connectivity index (χ2n) is 5.68. The van der Waals surface area contributed by atoms with Crippen molar-refractivity contribution in [1.82, 2.24) is 15.1 Å². The van der Waals surface area contributed by atoms with Gasteiger partial charge in [0.1, 0.15) is 23.8 Å². The van der Waals surface area contributed by atoms with Gasteiger partial charge in [0, 0.05) is 44.7 Å². The monoisotopic (exact) mass is 305 g/mol. The largest absolute Gasteiger partial charge is 0.490 e. The number of aromatic nitrogens is 2. The van der Waals surface area contributed by atoms with Crippen LogP contribution in [0, 0.1) is 5.82 Å². The highest BCUT2D eigenvalue weighted by Gasteiger charge is 2.39. The summed E-state index contributed by atoms with van der Waals surface area (Å²) in [6, 6.07) is 8.16. The minimum Gasteiger partial charge on any atom is -0.490 e. The number of likely N-dealkylation sites (tertiary alicyclic amines) is 1. The molecule has 1 aliphatic rings. The lowest BCUT2D eigenvalue weighted by molar-refractivity contribution is -0.0360. The third kappa shape index (κ3) is 3.45. The van der Waals surface area contributed by atoms with Gasteiger partial charge < -0.3 is 9.47 Å². The maximum atomic E-state index is 13.2. The molecule has 0 amide bonds. The number of rotatable bonds is 6. The highest BCUT2D eigenvalue weighted by atomic mass is 19.1. The quantitative estimate of drug-likeness (QED) is 0.889. The molecule has 2 heterocycles. The molecule has 0 spiro atoms. The van der Waals surface area contributed by atoms with Crippen molar-refractivity contribution in [3.63, 3.8) is 0 Å². The number of benzene rings is 1. The molecule has 1 fully saturated rings. The van der Waals surface area contributed by atoms with Crippen LogP contribution in [0.3, 0.4) is 0 Å². The van der Waals surface area contributed by atoms with E-state index in [0.717, 1.165) is 31.7 Å². The second-order valence-corrected chi connectivity index (χ2v) is 5.68. The Morgan fingerprint density at radius 2 is 2.32 bits per heavy atom. The zero-order chi connectivity index (χ0) is 15.4. The van der Waals surface area contributed by atoms with Gasteiger partial charge in [-0.2, -0.15) is 5.10 Å². The van der Waals surface area contributed by atoms with E-state index >= 15 is 0 Å². The molecule has 0 aliphatic carbocycles. The molecule has 2 aromatic rings. The van der Waals surface area contributed by atoms with Crippen LogP contribution < -0.4 is 4.74 Å². The zero-order valence-corrected chi connectivity index (χ0v) is 12.6. The fourth-order valence-corrected chi connectivity index (χ4v) is 2.79. The molecule has 0 bridgehead atoms. The summed E-state index contributed by atoms with van der Waals surface area (Å²) in [5.41, 5.74) is 0.727. The summed E-state index contributed by atoms with van der Waals surface area (Å²) < 4.78 is 24.6. The Morgan fingerprint density at radius 1 is 1.41 bits per heavy atom. The third-order valence-corrected chi connectivity index (χ3v) is 4.08. The molecule has 1 aliphatic heterocycles. The molecule has 0 unspecified atom stereocenters. The third-order valence-electron chi connectivity index (χ3n) is 4.08. The van der Waals surface area contributed by atoms with E-state index in [-0.39, 0.29) is 11.4 Å². The molecule has 0 radical (unpaired) electrons. The molecule has 1 aromatic carbocycles. The highest BCUT2D eigenvalue weighted by Crippen LogP contribution is 2.27. The average Bonchev–Trinajstić information content (AvgIpc) is 3.16. The summed E-state index contributed by atoms with van der Waals surface area (Å²) in [4.78, 5) is 2.30. The van der Waals surface area contributed by atoms with E-state index < -0.39 is 0 Å². The van der Waals surface area contributed by atoms with Crippen LogP contribution in [0.4, 0.5) is 4.39 Å². The summed E-state index contributed by atoms with van der Waals surface area (Å²) in [6.07, 6.45) is 2.63. The summed E-state index contributed by atoms with van der Waals surface area (Å²) >= 11 is 0. The van der Waals surface area contributed by atoms with Crippen molar-refractivity contribution >= 4 is 0 Å². The molecule has 5 nitrogen and oxygen atoms in total. The maximum Gasteiger partial charge on any atom is 0.126 e. The fourth-order valence-electron chi connectivity index (χ4n) is 2.79. The van der Waals surface area contributed by atoms with E-state index in [1.165, 1.54) is 12.1 Å². The first-order valence-electron chi connectivity index (χ1n) is 7.33. The lowest BCUT2D eigenvalue weighted by Crippen LogP contribution is -2.41. The van der Waals surface area contributed by atoms with Gasteiger partial charge in [0.2, 0.25) is 0 Å². The van der Waals surface area contributed by atoms with Crippen molar-refractivity contribution in [2.45, 2.75) is 18.6 Å². The maximum absolute atomic E-state index is 13.2. The first-order chi connectivity index (χ1) is 10.7. The van der Waals surface area contributed by atoms with E-state index in [2.05, 4.69) is 15.1 Å². The van der Waals surface area contributed by atoms with Crippen LogP contribution in [-0.2, 0) is 11.3 Å². The van der Waals surface area contributed by atoms with Gasteiger partial charge >= 0.3 is 0 Å². The van der Waals surface area contributed by atoms with E-state index in [1.54, 1.807) is 25.4 Å². The van der Waals surface area contributed by atoms with Gasteiger partial charge in [0.05, 0.1) is 0 Å². The van der Waals surface area contributed by atoms with Crippen molar-refractivity contribution in [1.29, 1.82) is 0 Å². The van der Waals surface area contributed by atoms with Crippen LogP contribution in [0.15, 0.2) is 36.5 Å². The summed E-state index contributed by atoms with van der Waals surface area (Å²) in [5, 5.41) is 6.93. The number of H-pyrrole nitrogens is 1. The van der Waals surface area contributed by atoms with Crippen molar-refractivity contribution in [2.75, 3.05) is 26.8 Å². The predicted molar refractivity (Wildman–Crippen MR) is 80.1 cm³/mol. The van der Waals surface area contributed by atoms with Gasteiger partial charge in [-0.25, -0.2) is 4.39 Å². The zero-order valence-electron chi connectivity index (χ0n) is 12.6. The number of hydrogen-bond donors (Lipinski definition) is 1. The number of nitrogens with one attached hydrogen (secondary N) is 1. The summed E-state index contributed by atoms with van der Waals surface area (Å²) in [5.74, 6) is 0.236. The van der Waals surface area contributed by atoms with E-state index in [0.29, 0.717) is 12.4 Å². The van der Waals surface area contributed by atoms with Gasteiger partial charge in [-0.05, 0) is 24.6 Å². The van der Waals surface area contributed by atoms with Gasteiger partial charge in [-0.15, -0.1) is 0 Å². The molecule has 1 saturated heterocycles. The molecule has 6 heteroatoms. The van der Waals surface area contributed by atoms with Crippen LogP contribution >= 0.6 is 0 Å². The van der Waals surface area contributed by atoms with E-state index in [4.69, 9.17) is 9.47 Å². The summed E-state index contributed by atoms with van der Waals surface area (Å²) in [7, 11) is 1.70.